The fourth-order valence-electron chi connectivity index (χ4n) is 4.64. The van der Waals surface area contributed by atoms with Gasteiger partial charge in [-0.2, -0.15) is 0 Å². The number of carboxylic acids is 2. The van der Waals surface area contributed by atoms with Gasteiger partial charge in [-0.3, -0.25) is 9.59 Å². The van der Waals surface area contributed by atoms with Crippen molar-refractivity contribution in [3.8, 4) is 0 Å². The Morgan fingerprint density at radius 2 is 0.976 bits per heavy atom. The smallest absolute Gasteiger partial charge is 0.550 e. The van der Waals surface area contributed by atoms with E-state index in [4.69, 9.17) is 0 Å². The molecule has 0 bridgehead atoms. The Bertz CT molecular complexity index is 1540. The molecule has 0 unspecified atom stereocenters. The van der Waals surface area contributed by atoms with Crippen molar-refractivity contribution < 1.29 is 29.4 Å². The van der Waals surface area contributed by atoms with Crippen molar-refractivity contribution in [3.63, 3.8) is 0 Å². The van der Waals surface area contributed by atoms with Crippen molar-refractivity contribution in [3.05, 3.63) is 129 Å². The first-order chi connectivity index (χ1) is 19.3. The van der Waals surface area contributed by atoms with Crippen molar-refractivity contribution >= 4 is 84.8 Å². The number of rotatable bonds is 4. The van der Waals surface area contributed by atoms with Crippen LogP contribution in [0.3, 0.4) is 0 Å². The Labute approximate surface area is 275 Å². The Hall–Kier alpha value is -2.88. The average molecular weight is 607 g/mol. The molecule has 0 spiro atoms. The van der Waals surface area contributed by atoms with Crippen LogP contribution in [0.15, 0.2) is 94.7 Å². The van der Waals surface area contributed by atoms with Crippen LogP contribution >= 0.6 is 23.5 Å². The first kappa shape index (κ1) is 31.1. The summed E-state index contributed by atoms with van der Waals surface area (Å²) in [6.07, 6.45) is -0.260. The number of carboxylic acid groups (broad SMARTS) is 2. The van der Waals surface area contributed by atoms with E-state index in [1.54, 1.807) is 59.9 Å². The van der Waals surface area contributed by atoms with E-state index < -0.39 is 11.9 Å². The minimum atomic E-state index is -1.11. The van der Waals surface area contributed by atoms with Crippen molar-refractivity contribution in [2.45, 2.75) is 34.1 Å². The summed E-state index contributed by atoms with van der Waals surface area (Å²) in [7, 11) is 0. The molecular weight excluding hydrogens is 585 g/mol. The number of hydrogen-bond acceptors (Lipinski definition) is 8. The molecular formula is C32H22CaO6S2. The summed E-state index contributed by atoms with van der Waals surface area (Å²) >= 11 is 3.13. The minimum Gasteiger partial charge on any atom is -0.550 e. The van der Waals surface area contributed by atoms with Crippen LogP contribution in [-0.4, -0.2) is 61.2 Å². The molecule has 0 saturated heterocycles. The SMILES string of the molecule is O=C([O-])Cc1ccc2c(c1)SCc1ccccc1C2=O.O=C([O-])Cc1ccc2c(c1)SCc1ccccc1C2=O.[Ca+2]. The van der Waals surface area contributed by atoms with Gasteiger partial charge in [0.15, 0.2) is 11.6 Å². The maximum absolute atomic E-state index is 12.5. The summed E-state index contributed by atoms with van der Waals surface area (Å²) in [5.41, 5.74) is 6.09. The van der Waals surface area contributed by atoms with Gasteiger partial charge in [-0.15, -0.1) is 23.5 Å². The fourth-order valence-corrected chi connectivity index (χ4v) is 6.86. The standard InChI is InChI=1S/2C16H12O3S.Ca/c2*17-15(18)8-10-5-6-13-14(7-10)20-9-11-3-1-2-4-12(11)16(13)19;/h2*1-7H,8-9H2,(H,17,18);/q;;+2/p-2. The van der Waals surface area contributed by atoms with Crippen LogP contribution in [0.25, 0.3) is 0 Å². The number of benzene rings is 4. The number of thioether (sulfide) groups is 2. The van der Waals surface area contributed by atoms with Crippen LogP contribution in [0.1, 0.15) is 54.1 Å². The maximum Gasteiger partial charge on any atom is 2.00 e. The van der Waals surface area contributed by atoms with Gasteiger partial charge in [-0.05, 0) is 46.5 Å². The third-order valence-electron chi connectivity index (χ3n) is 6.57. The molecule has 6 nitrogen and oxygen atoms in total. The van der Waals surface area contributed by atoms with Gasteiger partial charge in [-0.1, -0.05) is 60.7 Å². The molecule has 2 aliphatic rings. The van der Waals surface area contributed by atoms with Gasteiger partial charge in [0.05, 0.1) is 0 Å². The van der Waals surface area contributed by atoms with E-state index in [-0.39, 0.29) is 62.1 Å². The van der Waals surface area contributed by atoms with Gasteiger partial charge in [0.25, 0.3) is 0 Å². The molecule has 0 radical (unpaired) electrons. The zero-order valence-electron chi connectivity index (χ0n) is 21.9. The van der Waals surface area contributed by atoms with E-state index in [0.29, 0.717) is 33.8 Å². The number of aliphatic carboxylic acids is 2. The summed E-state index contributed by atoms with van der Waals surface area (Å²) in [4.78, 5) is 48.0. The van der Waals surface area contributed by atoms with Crippen molar-refractivity contribution in [1.82, 2.24) is 0 Å². The van der Waals surface area contributed by atoms with Crippen molar-refractivity contribution in [1.29, 1.82) is 0 Å². The Kier molecular flexibility index (Phi) is 10.5. The molecule has 41 heavy (non-hydrogen) atoms. The van der Waals surface area contributed by atoms with E-state index in [9.17, 15) is 29.4 Å². The summed E-state index contributed by atoms with van der Waals surface area (Å²) in [5.74, 6) is -0.800. The predicted molar refractivity (Wildman–Crippen MR) is 155 cm³/mol. The van der Waals surface area contributed by atoms with Crippen molar-refractivity contribution in [2.24, 2.45) is 0 Å². The number of hydrogen-bond donors (Lipinski definition) is 0. The zero-order chi connectivity index (χ0) is 28.2. The molecule has 0 saturated carbocycles. The molecule has 0 aromatic heterocycles. The van der Waals surface area contributed by atoms with Gasteiger partial charge >= 0.3 is 37.7 Å². The van der Waals surface area contributed by atoms with Gasteiger partial charge in [0.1, 0.15) is 0 Å². The minimum absolute atomic E-state index is 0. The molecule has 4 aromatic carbocycles. The molecule has 0 aliphatic carbocycles. The molecule has 6 rings (SSSR count). The first-order valence-corrected chi connectivity index (χ1v) is 14.4. The van der Waals surface area contributed by atoms with E-state index in [1.165, 1.54) is 0 Å². The molecule has 4 aromatic rings. The monoisotopic (exact) mass is 606 g/mol. The van der Waals surface area contributed by atoms with Crippen LogP contribution in [0, 0.1) is 0 Å². The van der Waals surface area contributed by atoms with Gasteiger partial charge in [0, 0.05) is 68.3 Å². The van der Waals surface area contributed by atoms with Crippen LogP contribution in [-0.2, 0) is 33.9 Å². The van der Waals surface area contributed by atoms with Gasteiger partial charge < -0.3 is 19.8 Å². The summed E-state index contributed by atoms with van der Waals surface area (Å²) in [5, 5.41) is 21.3. The zero-order valence-corrected chi connectivity index (χ0v) is 25.7. The number of ketones is 2. The third kappa shape index (κ3) is 7.31. The van der Waals surface area contributed by atoms with E-state index in [0.717, 1.165) is 32.0 Å². The van der Waals surface area contributed by atoms with Crippen LogP contribution < -0.4 is 10.2 Å². The molecule has 0 fully saturated rings. The summed E-state index contributed by atoms with van der Waals surface area (Å²) < 4.78 is 0. The van der Waals surface area contributed by atoms with Crippen molar-refractivity contribution in [2.75, 3.05) is 0 Å². The maximum atomic E-state index is 12.5. The molecule has 2 heterocycles. The predicted octanol–water partition coefficient (Wildman–Crippen LogP) is 3.25. The number of carbonyl (C=O) groups is 4. The fraction of sp³-hybridized carbons (Fsp3) is 0.125. The second kappa shape index (κ2) is 13.9. The van der Waals surface area contributed by atoms with Crippen LogP contribution in [0.5, 0.6) is 0 Å². The quantitative estimate of drug-likeness (QED) is 0.326. The second-order valence-corrected chi connectivity index (χ2v) is 11.3. The van der Waals surface area contributed by atoms with E-state index >= 15 is 0 Å². The topological polar surface area (TPSA) is 114 Å². The van der Waals surface area contributed by atoms with E-state index in [2.05, 4.69) is 0 Å². The molecule has 9 heteroatoms. The molecule has 2 aliphatic heterocycles. The largest absolute Gasteiger partial charge is 2.00 e. The third-order valence-corrected chi connectivity index (χ3v) is 8.78. The normalized spacial score (nSPS) is 13.0. The second-order valence-electron chi connectivity index (χ2n) is 9.31. The van der Waals surface area contributed by atoms with Crippen LogP contribution in [0.4, 0.5) is 0 Å². The summed E-state index contributed by atoms with van der Waals surface area (Å²) in [6.45, 7) is 0. The number of carbonyl (C=O) groups excluding carboxylic acids is 4. The first-order valence-electron chi connectivity index (χ1n) is 12.5. The Morgan fingerprint density at radius 1 is 0.585 bits per heavy atom. The number of fused-ring (bicyclic) bond motifs is 4. The van der Waals surface area contributed by atoms with E-state index in [1.807, 2.05) is 48.5 Å². The molecule has 0 amide bonds. The summed E-state index contributed by atoms with van der Waals surface area (Å²) in [6, 6.07) is 25.5. The molecule has 200 valence electrons. The van der Waals surface area contributed by atoms with Gasteiger partial charge in [0.2, 0.25) is 0 Å². The molecule has 0 atom stereocenters. The Morgan fingerprint density at radius 3 is 1.37 bits per heavy atom. The van der Waals surface area contributed by atoms with Gasteiger partial charge in [-0.25, -0.2) is 0 Å². The van der Waals surface area contributed by atoms with Crippen LogP contribution in [0.2, 0.25) is 0 Å². The average Bonchev–Trinajstić information content (AvgIpc) is 3.17. The Balaban J connectivity index is 0.000000184. The molecule has 0 N–H and O–H groups in total.